The molecule has 0 aliphatic heterocycles. The van der Waals surface area contributed by atoms with Crippen molar-refractivity contribution in [1.82, 2.24) is 16.0 Å². The normalized spacial score (nSPS) is 10.2. The Kier molecular flexibility index (Phi) is 10.4. The van der Waals surface area contributed by atoms with E-state index >= 15 is 0 Å². The van der Waals surface area contributed by atoms with Gasteiger partial charge in [-0.1, -0.05) is 26.2 Å². The number of carbonyl (C=O) groups excluding carboxylic acids is 3. The predicted octanol–water partition coefficient (Wildman–Crippen LogP) is 0.714. The molecule has 6 heteroatoms. The molecule has 0 saturated carbocycles. The lowest BCUT2D eigenvalue weighted by atomic mass is 10.1. The SMILES string of the molecule is CCCCCCC(=O)NC(C(=O)NCC)C(=O)NCC. The Hall–Kier alpha value is -1.59. The first-order valence-corrected chi connectivity index (χ1v) is 7.41. The van der Waals surface area contributed by atoms with Crippen LogP contribution in [0.25, 0.3) is 0 Å². The van der Waals surface area contributed by atoms with Gasteiger partial charge in [-0.2, -0.15) is 0 Å². The molecule has 0 rings (SSSR count). The third-order valence-electron chi connectivity index (χ3n) is 2.79. The highest BCUT2D eigenvalue weighted by molar-refractivity contribution is 6.06. The van der Waals surface area contributed by atoms with Crippen molar-refractivity contribution >= 4 is 17.7 Å². The Morgan fingerprint density at radius 2 is 1.40 bits per heavy atom. The first-order valence-electron chi connectivity index (χ1n) is 7.41. The maximum atomic E-state index is 11.8. The Morgan fingerprint density at radius 3 is 1.85 bits per heavy atom. The molecule has 6 nitrogen and oxygen atoms in total. The van der Waals surface area contributed by atoms with Gasteiger partial charge in [0.2, 0.25) is 5.91 Å². The monoisotopic (exact) mass is 285 g/mol. The number of amides is 3. The highest BCUT2D eigenvalue weighted by Gasteiger charge is 2.27. The molecule has 116 valence electrons. The molecule has 0 aromatic heterocycles. The van der Waals surface area contributed by atoms with Crippen LogP contribution in [0.1, 0.15) is 52.9 Å². The largest absolute Gasteiger partial charge is 0.354 e. The summed E-state index contributed by atoms with van der Waals surface area (Å²) in [7, 11) is 0. The van der Waals surface area contributed by atoms with E-state index in [9.17, 15) is 14.4 Å². The van der Waals surface area contributed by atoms with E-state index in [0.29, 0.717) is 19.5 Å². The molecule has 0 spiro atoms. The minimum Gasteiger partial charge on any atom is -0.354 e. The smallest absolute Gasteiger partial charge is 0.252 e. The van der Waals surface area contributed by atoms with Crippen molar-refractivity contribution in [3.8, 4) is 0 Å². The summed E-state index contributed by atoms with van der Waals surface area (Å²) in [5, 5.41) is 7.60. The summed E-state index contributed by atoms with van der Waals surface area (Å²) in [5.74, 6) is -1.20. The Morgan fingerprint density at radius 1 is 0.850 bits per heavy atom. The molecule has 0 unspecified atom stereocenters. The molecule has 0 atom stereocenters. The maximum Gasteiger partial charge on any atom is 0.252 e. The van der Waals surface area contributed by atoms with Gasteiger partial charge in [0.1, 0.15) is 0 Å². The van der Waals surface area contributed by atoms with Crippen LogP contribution in [0.4, 0.5) is 0 Å². The molecular formula is C14H27N3O3. The molecule has 0 heterocycles. The van der Waals surface area contributed by atoms with E-state index in [4.69, 9.17) is 0 Å². The van der Waals surface area contributed by atoms with Crippen molar-refractivity contribution < 1.29 is 14.4 Å². The van der Waals surface area contributed by atoms with E-state index in [0.717, 1.165) is 25.7 Å². The zero-order valence-corrected chi connectivity index (χ0v) is 12.8. The van der Waals surface area contributed by atoms with E-state index in [2.05, 4.69) is 22.9 Å². The second-order valence-corrected chi connectivity index (χ2v) is 4.60. The van der Waals surface area contributed by atoms with Crippen LogP contribution in [-0.4, -0.2) is 36.9 Å². The zero-order chi connectivity index (χ0) is 15.4. The lowest BCUT2D eigenvalue weighted by molar-refractivity contribution is -0.136. The molecule has 0 radical (unpaired) electrons. The third kappa shape index (κ3) is 7.76. The first kappa shape index (κ1) is 18.4. The predicted molar refractivity (Wildman–Crippen MR) is 78.1 cm³/mol. The van der Waals surface area contributed by atoms with Crippen molar-refractivity contribution in [2.24, 2.45) is 0 Å². The summed E-state index contributed by atoms with van der Waals surface area (Å²) in [4.78, 5) is 35.3. The minimum absolute atomic E-state index is 0.261. The van der Waals surface area contributed by atoms with Crippen molar-refractivity contribution in [3.63, 3.8) is 0 Å². The first-order chi connectivity index (χ1) is 9.56. The van der Waals surface area contributed by atoms with Gasteiger partial charge in [0.05, 0.1) is 0 Å². The highest BCUT2D eigenvalue weighted by atomic mass is 16.2. The molecule has 0 aromatic carbocycles. The number of likely N-dealkylation sites (N-methyl/N-ethyl adjacent to an activating group) is 2. The van der Waals surface area contributed by atoms with Gasteiger partial charge in [-0.3, -0.25) is 14.4 Å². The number of rotatable bonds is 10. The van der Waals surface area contributed by atoms with Crippen molar-refractivity contribution in [3.05, 3.63) is 0 Å². The summed E-state index contributed by atoms with van der Waals surface area (Å²) < 4.78 is 0. The summed E-state index contributed by atoms with van der Waals surface area (Å²) >= 11 is 0. The molecule has 3 amide bonds. The molecular weight excluding hydrogens is 258 g/mol. The van der Waals surface area contributed by atoms with Gasteiger partial charge in [-0.25, -0.2) is 0 Å². The van der Waals surface area contributed by atoms with Crippen LogP contribution in [-0.2, 0) is 14.4 Å². The Labute approximate surface area is 121 Å². The van der Waals surface area contributed by atoms with Crippen LogP contribution in [0.5, 0.6) is 0 Å². The molecule has 0 bridgehead atoms. The van der Waals surface area contributed by atoms with Gasteiger partial charge in [0.25, 0.3) is 11.8 Å². The summed E-state index contributed by atoms with van der Waals surface area (Å²) in [5.41, 5.74) is 0. The fourth-order valence-electron chi connectivity index (χ4n) is 1.75. The van der Waals surface area contributed by atoms with Crippen LogP contribution < -0.4 is 16.0 Å². The van der Waals surface area contributed by atoms with Gasteiger partial charge < -0.3 is 16.0 Å². The summed E-state index contributed by atoms with van der Waals surface area (Å²) in [6.45, 7) is 6.46. The van der Waals surface area contributed by atoms with Crippen LogP contribution in [0.15, 0.2) is 0 Å². The Balaban J connectivity index is 4.36. The lowest BCUT2D eigenvalue weighted by Crippen LogP contribution is -2.55. The number of hydrogen-bond acceptors (Lipinski definition) is 3. The fraction of sp³-hybridized carbons (Fsp3) is 0.786. The van der Waals surface area contributed by atoms with E-state index in [1.54, 1.807) is 13.8 Å². The van der Waals surface area contributed by atoms with Crippen molar-refractivity contribution in [2.75, 3.05) is 13.1 Å². The van der Waals surface area contributed by atoms with Gasteiger partial charge in [-0.05, 0) is 20.3 Å². The van der Waals surface area contributed by atoms with Crippen molar-refractivity contribution in [1.29, 1.82) is 0 Å². The molecule has 0 fully saturated rings. The molecule has 0 aromatic rings. The zero-order valence-electron chi connectivity index (χ0n) is 12.8. The van der Waals surface area contributed by atoms with Crippen molar-refractivity contribution in [2.45, 2.75) is 58.9 Å². The second kappa shape index (κ2) is 11.3. The summed E-state index contributed by atoms with van der Waals surface area (Å²) in [6, 6.07) is -1.14. The van der Waals surface area contributed by atoms with Crippen LogP contribution in [0.3, 0.4) is 0 Å². The van der Waals surface area contributed by atoms with Crippen LogP contribution in [0.2, 0.25) is 0 Å². The number of unbranched alkanes of at least 4 members (excludes halogenated alkanes) is 3. The number of nitrogens with one attached hydrogen (secondary N) is 3. The second-order valence-electron chi connectivity index (χ2n) is 4.60. The third-order valence-corrected chi connectivity index (χ3v) is 2.79. The average Bonchev–Trinajstić information content (AvgIpc) is 2.41. The molecule has 0 aliphatic rings. The Bertz CT molecular complexity index is 301. The quantitative estimate of drug-likeness (QED) is 0.408. The van der Waals surface area contributed by atoms with Gasteiger partial charge >= 0.3 is 0 Å². The minimum atomic E-state index is -1.14. The lowest BCUT2D eigenvalue weighted by Gasteiger charge is -2.17. The van der Waals surface area contributed by atoms with E-state index < -0.39 is 17.9 Å². The maximum absolute atomic E-state index is 11.8. The van der Waals surface area contributed by atoms with E-state index in [1.165, 1.54) is 0 Å². The van der Waals surface area contributed by atoms with Gasteiger partial charge in [0, 0.05) is 19.5 Å². The molecule has 0 saturated heterocycles. The molecule has 3 N–H and O–H groups in total. The van der Waals surface area contributed by atoms with E-state index in [1.807, 2.05) is 0 Å². The highest BCUT2D eigenvalue weighted by Crippen LogP contribution is 2.02. The average molecular weight is 285 g/mol. The number of carbonyl (C=O) groups is 3. The van der Waals surface area contributed by atoms with E-state index in [-0.39, 0.29) is 5.91 Å². The topological polar surface area (TPSA) is 87.3 Å². The van der Waals surface area contributed by atoms with Crippen LogP contribution >= 0.6 is 0 Å². The standard InChI is InChI=1S/C14H27N3O3/c1-4-7-8-9-10-11(18)17-12(13(19)15-5-2)14(20)16-6-3/h12H,4-10H2,1-3H3,(H,15,19)(H,16,20)(H,17,18). The van der Waals surface area contributed by atoms with Gasteiger partial charge in [0.15, 0.2) is 6.04 Å². The number of hydrogen-bond donors (Lipinski definition) is 3. The molecule has 0 aliphatic carbocycles. The van der Waals surface area contributed by atoms with Gasteiger partial charge in [-0.15, -0.1) is 0 Å². The molecule has 20 heavy (non-hydrogen) atoms. The van der Waals surface area contributed by atoms with Crippen LogP contribution in [0, 0.1) is 0 Å². The summed E-state index contributed by atoms with van der Waals surface area (Å²) in [6.07, 6.45) is 4.29. The fourth-order valence-corrected chi connectivity index (χ4v) is 1.75.